The number of nitrogens with zero attached hydrogens (tertiary/aromatic N) is 4. The quantitative estimate of drug-likeness (QED) is 0.909. The van der Waals surface area contributed by atoms with Crippen molar-refractivity contribution in [3.63, 3.8) is 0 Å². The van der Waals surface area contributed by atoms with Gasteiger partial charge in [0.15, 0.2) is 0 Å². The molecule has 3 rings (SSSR count). The maximum Gasteiger partial charge on any atom is 0.247 e. The summed E-state index contributed by atoms with van der Waals surface area (Å²) in [5.41, 5.74) is 1.40. The number of benzene rings is 1. The monoisotopic (exact) mass is 326 g/mol. The third kappa shape index (κ3) is 3.99. The van der Waals surface area contributed by atoms with Gasteiger partial charge in [-0.2, -0.15) is 5.26 Å². The first kappa shape index (κ1) is 16.6. The Balaban J connectivity index is 1.59. The van der Waals surface area contributed by atoms with E-state index in [9.17, 15) is 5.11 Å². The van der Waals surface area contributed by atoms with Crippen molar-refractivity contribution in [2.24, 2.45) is 5.92 Å². The molecule has 0 aliphatic heterocycles. The molecule has 0 spiro atoms. The highest BCUT2D eigenvalue weighted by atomic mass is 16.4. The van der Waals surface area contributed by atoms with Crippen molar-refractivity contribution in [2.45, 2.75) is 38.3 Å². The molecule has 6 heteroatoms. The standard InChI is InChI=1S/C18H22N4O2/c1-22(11-15-4-2-3-5-16(15)23)12-17-20-21-18(24-17)14-8-6-13(10-19)7-9-14/h6-9,15-16,23H,2-5,11-12H2,1H3. The molecular formula is C18H22N4O2. The van der Waals surface area contributed by atoms with Crippen molar-refractivity contribution in [3.8, 4) is 17.5 Å². The molecule has 2 aromatic rings. The van der Waals surface area contributed by atoms with Crippen LogP contribution in [0.15, 0.2) is 28.7 Å². The first-order chi connectivity index (χ1) is 11.7. The maximum atomic E-state index is 10.1. The van der Waals surface area contributed by atoms with E-state index in [4.69, 9.17) is 9.68 Å². The van der Waals surface area contributed by atoms with Crippen LogP contribution in [0.25, 0.3) is 11.5 Å². The van der Waals surface area contributed by atoms with E-state index in [1.165, 1.54) is 6.42 Å². The molecule has 2 unspecified atom stereocenters. The van der Waals surface area contributed by atoms with Gasteiger partial charge in [-0.3, -0.25) is 4.90 Å². The smallest absolute Gasteiger partial charge is 0.247 e. The van der Waals surface area contributed by atoms with Crippen molar-refractivity contribution in [3.05, 3.63) is 35.7 Å². The zero-order chi connectivity index (χ0) is 16.9. The van der Waals surface area contributed by atoms with Crippen molar-refractivity contribution < 1.29 is 9.52 Å². The minimum atomic E-state index is -0.196. The summed E-state index contributed by atoms with van der Waals surface area (Å²) < 4.78 is 5.72. The summed E-state index contributed by atoms with van der Waals surface area (Å²) in [6.07, 6.45) is 4.10. The highest BCUT2D eigenvalue weighted by Gasteiger charge is 2.24. The average molecular weight is 326 g/mol. The Morgan fingerprint density at radius 2 is 2.00 bits per heavy atom. The molecule has 0 radical (unpaired) electrons. The molecule has 1 aromatic carbocycles. The van der Waals surface area contributed by atoms with E-state index in [0.29, 0.717) is 29.8 Å². The predicted molar refractivity (Wildman–Crippen MR) is 88.7 cm³/mol. The Hall–Kier alpha value is -2.23. The summed E-state index contributed by atoms with van der Waals surface area (Å²) in [5, 5.41) is 27.1. The Morgan fingerprint density at radius 3 is 2.71 bits per heavy atom. The first-order valence-electron chi connectivity index (χ1n) is 8.35. The Bertz CT molecular complexity index is 705. The van der Waals surface area contributed by atoms with Gasteiger partial charge in [-0.1, -0.05) is 12.8 Å². The molecule has 1 aliphatic rings. The Morgan fingerprint density at radius 1 is 1.25 bits per heavy atom. The van der Waals surface area contributed by atoms with Gasteiger partial charge in [-0.05, 0) is 50.1 Å². The second-order valence-corrected chi connectivity index (χ2v) is 6.50. The number of rotatable bonds is 5. The molecule has 0 amide bonds. The lowest BCUT2D eigenvalue weighted by Crippen LogP contribution is -2.34. The Kier molecular flexibility index (Phi) is 5.24. The number of aromatic nitrogens is 2. The number of nitriles is 1. The van der Waals surface area contributed by atoms with Crippen LogP contribution in [0.5, 0.6) is 0 Å². The lowest BCUT2D eigenvalue weighted by molar-refractivity contribution is 0.0488. The highest BCUT2D eigenvalue weighted by molar-refractivity contribution is 5.54. The van der Waals surface area contributed by atoms with Crippen LogP contribution in [-0.2, 0) is 6.54 Å². The van der Waals surface area contributed by atoms with Gasteiger partial charge in [-0.25, -0.2) is 0 Å². The maximum absolute atomic E-state index is 10.1. The molecule has 1 aliphatic carbocycles. The lowest BCUT2D eigenvalue weighted by Gasteiger charge is -2.30. The molecule has 24 heavy (non-hydrogen) atoms. The first-order valence-corrected chi connectivity index (χ1v) is 8.35. The molecule has 2 atom stereocenters. The SMILES string of the molecule is CN(Cc1nnc(-c2ccc(C#N)cc2)o1)CC1CCCCC1O. The summed E-state index contributed by atoms with van der Waals surface area (Å²) in [4.78, 5) is 2.12. The molecule has 1 heterocycles. The lowest BCUT2D eigenvalue weighted by atomic mass is 9.86. The van der Waals surface area contributed by atoms with E-state index in [2.05, 4.69) is 21.2 Å². The van der Waals surface area contributed by atoms with Gasteiger partial charge in [-0.15, -0.1) is 10.2 Å². The number of hydrogen-bond acceptors (Lipinski definition) is 6. The van der Waals surface area contributed by atoms with Crippen molar-refractivity contribution in [1.29, 1.82) is 5.26 Å². The number of hydrogen-bond donors (Lipinski definition) is 1. The van der Waals surface area contributed by atoms with Gasteiger partial charge in [0.2, 0.25) is 11.8 Å². The minimum Gasteiger partial charge on any atom is -0.419 e. The molecule has 1 fully saturated rings. The van der Waals surface area contributed by atoms with E-state index >= 15 is 0 Å². The third-order valence-corrected chi connectivity index (χ3v) is 4.55. The molecule has 6 nitrogen and oxygen atoms in total. The summed E-state index contributed by atoms with van der Waals surface area (Å²) in [6, 6.07) is 9.16. The van der Waals surface area contributed by atoms with Crippen molar-refractivity contribution in [1.82, 2.24) is 15.1 Å². The van der Waals surface area contributed by atoms with Gasteiger partial charge in [0.05, 0.1) is 24.3 Å². The van der Waals surface area contributed by atoms with E-state index < -0.39 is 0 Å². The Labute approximate surface area is 141 Å². The molecule has 1 saturated carbocycles. The zero-order valence-electron chi connectivity index (χ0n) is 13.9. The summed E-state index contributed by atoms with van der Waals surface area (Å²) >= 11 is 0. The molecule has 1 aromatic heterocycles. The second kappa shape index (κ2) is 7.56. The van der Waals surface area contributed by atoms with Crippen LogP contribution >= 0.6 is 0 Å². The normalized spacial score (nSPS) is 20.9. The summed E-state index contributed by atoms with van der Waals surface area (Å²) in [5.74, 6) is 1.34. The fraction of sp³-hybridized carbons (Fsp3) is 0.500. The van der Waals surface area contributed by atoms with Gasteiger partial charge < -0.3 is 9.52 Å². The summed E-state index contributed by atoms with van der Waals surface area (Å²) in [7, 11) is 2.01. The van der Waals surface area contributed by atoms with Crippen molar-refractivity contribution >= 4 is 0 Å². The minimum absolute atomic E-state index is 0.196. The van der Waals surface area contributed by atoms with E-state index in [1.807, 2.05) is 7.05 Å². The van der Waals surface area contributed by atoms with E-state index in [0.717, 1.165) is 31.4 Å². The van der Waals surface area contributed by atoms with E-state index in [-0.39, 0.29) is 6.10 Å². The molecule has 0 saturated heterocycles. The molecule has 0 bridgehead atoms. The topological polar surface area (TPSA) is 86.2 Å². The number of aliphatic hydroxyl groups excluding tert-OH is 1. The van der Waals surface area contributed by atoms with Crippen LogP contribution in [0.2, 0.25) is 0 Å². The van der Waals surface area contributed by atoms with Gasteiger partial charge in [0.1, 0.15) is 0 Å². The fourth-order valence-electron chi connectivity index (χ4n) is 3.22. The molecule has 126 valence electrons. The van der Waals surface area contributed by atoms with Crippen LogP contribution in [0.4, 0.5) is 0 Å². The number of aliphatic hydroxyl groups is 1. The van der Waals surface area contributed by atoms with Gasteiger partial charge in [0.25, 0.3) is 0 Å². The van der Waals surface area contributed by atoms with Crippen LogP contribution in [0.3, 0.4) is 0 Å². The highest BCUT2D eigenvalue weighted by Crippen LogP contribution is 2.25. The fourth-order valence-corrected chi connectivity index (χ4v) is 3.22. The van der Waals surface area contributed by atoms with Crippen molar-refractivity contribution in [2.75, 3.05) is 13.6 Å². The van der Waals surface area contributed by atoms with Gasteiger partial charge in [0, 0.05) is 12.1 Å². The van der Waals surface area contributed by atoms with Crippen LogP contribution < -0.4 is 0 Å². The average Bonchev–Trinajstić information content (AvgIpc) is 3.05. The predicted octanol–water partition coefficient (Wildman–Crippen LogP) is 2.59. The largest absolute Gasteiger partial charge is 0.419 e. The zero-order valence-corrected chi connectivity index (χ0v) is 13.9. The van der Waals surface area contributed by atoms with Gasteiger partial charge >= 0.3 is 0 Å². The molecular weight excluding hydrogens is 304 g/mol. The van der Waals surface area contributed by atoms with Crippen LogP contribution in [0, 0.1) is 17.2 Å². The van der Waals surface area contributed by atoms with E-state index in [1.54, 1.807) is 24.3 Å². The van der Waals surface area contributed by atoms with Crippen LogP contribution in [-0.4, -0.2) is 39.9 Å². The molecule has 1 N–H and O–H groups in total. The summed E-state index contributed by atoms with van der Waals surface area (Å²) in [6.45, 7) is 1.39. The van der Waals surface area contributed by atoms with Crippen LogP contribution in [0.1, 0.15) is 37.1 Å². The second-order valence-electron chi connectivity index (χ2n) is 6.50. The third-order valence-electron chi connectivity index (χ3n) is 4.55.